The van der Waals surface area contributed by atoms with Crippen LogP contribution in [-0.4, -0.2) is 7.11 Å². The lowest BCUT2D eigenvalue weighted by atomic mass is 10.1. The molecule has 1 aromatic rings. The van der Waals surface area contributed by atoms with Crippen LogP contribution in [0, 0.1) is 12.7 Å². The minimum absolute atomic E-state index is 0.0416. The molecule has 1 atom stereocenters. The number of benzene rings is 1. The summed E-state index contributed by atoms with van der Waals surface area (Å²) in [6.07, 6.45) is -0.0416. The molecule has 0 aliphatic rings. The topological polar surface area (TPSA) is 9.23 Å². The van der Waals surface area contributed by atoms with Crippen LogP contribution >= 0.6 is 0 Å². The van der Waals surface area contributed by atoms with Crippen LogP contribution in [0.3, 0.4) is 0 Å². The third kappa shape index (κ3) is 1.83. The SMILES string of the molecule is COC(C)c1ccc(C)c(F)c1. The molecule has 12 heavy (non-hydrogen) atoms. The fourth-order valence-corrected chi connectivity index (χ4v) is 0.998. The maximum atomic E-state index is 13.0. The Morgan fingerprint density at radius 1 is 1.42 bits per heavy atom. The average molecular weight is 168 g/mol. The zero-order valence-corrected chi connectivity index (χ0v) is 7.60. The summed E-state index contributed by atoms with van der Waals surface area (Å²) in [5.74, 6) is -0.170. The van der Waals surface area contributed by atoms with Crippen LogP contribution in [0.25, 0.3) is 0 Å². The summed E-state index contributed by atoms with van der Waals surface area (Å²) >= 11 is 0. The van der Waals surface area contributed by atoms with Crippen LogP contribution in [0.4, 0.5) is 4.39 Å². The van der Waals surface area contributed by atoms with Crippen molar-refractivity contribution < 1.29 is 9.13 Å². The minimum Gasteiger partial charge on any atom is -0.377 e. The van der Waals surface area contributed by atoms with E-state index in [1.165, 1.54) is 6.07 Å². The third-order valence-corrected chi connectivity index (χ3v) is 2.02. The fraction of sp³-hybridized carbons (Fsp3) is 0.400. The molecule has 0 amide bonds. The van der Waals surface area contributed by atoms with Gasteiger partial charge in [-0.25, -0.2) is 4.39 Å². The van der Waals surface area contributed by atoms with Gasteiger partial charge in [-0.1, -0.05) is 12.1 Å². The number of aryl methyl sites for hydroxylation is 1. The number of hydrogen-bond acceptors (Lipinski definition) is 1. The molecule has 0 saturated carbocycles. The number of hydrogen-bond donors (Lipinski definition) is 0. The molecular weight excluding hydrogens is 155 g/mol. The third-order valence-electron chi connectivity index (χ3n) is 2.02. The molecule has 0 aromatic heterocycles. The van der Waals surface area contributed by atoms with E-state index in [-0.39, 0.29) is 11.9 Å². The van der Waals surface area contributed by atoms with Gasteiger partial charge in [-0.15, -0.1) is 0 Å². The van der Waals surface area contributed by atoms with Crippen LogP contribution in [0.2, 0.25) is 0 Å². The Hall–Kier alpha value is -0.890. The van der Waals surface area contributed by atoms with E-state index in [1.807, 2.05) is 13.0 Å². The second kappa shape index (κ2) is 3.68. The van der Waals surface area contributed by atoms with Gasteiger partial charge >= 0.3 is 0 Å². The fourth-order valence-electron chi connectivity index (χ4n) is 0.998. The van der Waals surface area contributed by atoms with E-state index in [1.54, 1.807) is 20.1 Å². The van der Waals surface area contributed by atoms with Gasteiger partial charge in [0.15, 0.2) is 0 Å². The first-order valence-corrected chi connectivity index (χ1v) is 3.94. The van der Waals surface area contributed by atoms with E-state index in [0.717, 1.165) is 5.56 Å². The normalized spacial score (nSPS) is 13.0. The summed E-state index contributed by atoms with van der Waals surface area (Å²) < 4.78 is 18.1. The van der Waals surface area contributed by atoms with Gasteiger partial charge in [0.1, 0.15) is 5.82 Å². The van der Waals surface area contributed by atoms with E-state index < -0.39 is 0 Å². The first-order chi connectivity index (χ1) is 5.65. The van der Waals surface area contributed by atoms with E-state index >= 15 is 0 Å². The standard InChI is InChI=1S/C10H13FO/c1-7-4-5-9(6-10(7)11)8(2)12-3/h4-6,8H,1-3H3. The maximum Gasteiger partial charge on any atom is 0.126 e. The largest absolute Gasteiger partial charge is 0.377 e. The lowest BCUT2D eigenvalue weighted by molar-refractivity contribution is 0.119. The molecule has 2 heteroatoms. The summed E-state index contributed by atoms with van der Waals surface area (Å²) in [6.45, 7) is 3.64. The van der Waals surface area contributed by atoms with Crippen LogP contribution in [-0.2, 0) is 4.74 Å². The molecule has 0 saturated heterocycles. The molecule has 0 spiro atoms. The molecular formula is C10H13FO. The molecule has 0 aliphatic carbocycles. The van der Waals surface area contributed by atoms with Gasteiger partial charge in [-0.05, 0) is 31.0 Å². The average Bonchev–Trinajstić information content (AvgIpc) is 2.08. The second-order valence-electron chi connectivity index (χ2n) is 2.89. The molecule has 0 aliphatic heterocycles. The number of ether oxygens (including phenoxy) is 1. The summed E-state index contributed by atoms with van der Waals surface area (Å²) in [4.78, 5) is 0. The highest BCUT2D eigenvalue weighted by atomic mass is 19.1. The van der Waals surface area contributed by atoms with Crippen molar-refractivity contribution in [1.29, 1.82) is 0 Å². The van der Waals surface area contributed by atoms with Gasteiger partial charge in [0, 0.05) is 7.11 Å². The van der Waals surface area contributed by atoms with Crippen molar-refractivity contribution in [1.82, 2.24) is 0 Å². The molecule has 0 N–H and O–H groups in total. The molecule has 0 heterocycles. The molecule has 66 valence electrons. The zero-order chi connectivity index (χ0) is 9.14. The monoisotopic (exact) mass is 168 g/mol. The number of halogens is 1. The summed E-state index contributed by atoms with van der Waals surface area (Å²) in [7, 11) is 1.61. The Kier molecular flexibility index (Phi) is 2.82. The Balaban J connectivity index is 2.96. The van der Waals surface area contributed by atoms with Crippen LogP contribution in [0.1, 0.15) is 24.2 Å². The quantitative estimate of drug-likeness (QED) is 0.659. The number of rotatable bonds is 2. The van der Waals surface area contributed by atoms with Gasteiger partial charge in [-0.2, -0.15) is 0 Å². The summed E-state index contributed by atoms with van der Waals surface area (Å²) in [5.41, 5.74) is 1.54. The van der Waals surface area contributed by atoms with Crippen molar-refractivity contribution in [2.45, 2.75) is 20.0 Å². The van der Waals surface area contributed by atoms with Crippen LogP contribution in [0.5, 0.6) is 0 Å². The molecule has 1 unspecified atom stereocenters. The van der Waals surface area contributed by atoms with Gasteiger partial charge in [0.2, 0.25) is 0 Å². The van der Waals surface area contributed by atoms with E-state index in [2.05, 4.69) is 0 Å². The van der Waals surface area contributed by atoms with Crippen molar-refractivity contribution in [3.8, 4) is 0 Å². The second-order valence-corrected chi connectivity index (χ2v) is 2.89. The highest BCUT2D eigenvalue weighted by Crippen LogP contribution is 2.18. The maximum absolute atomic E-state index is 13.0. The van der Waals surface area contributed by atoms with Crippen molar-refractivity contribution in [3.05, 3.63) is 35.1 Å². The Morgan fingerprint density at radius 2 is 2.08 bits per heavy atom. The summed E-state index contributed by atoms with van der Waals surface area (Å²) in [6, 6.07) is 5.16. The highest BCUT2D eigenvalue weighted by Gasteiger charge is 2.05. The molecule has 0 bridgehead atoms. The number of methoxy groups -OCH3 is 1. The van der Waals surface area contributed by atoms with Crippen LogP contribution < -0.4 is 0 Å². The smallest absolute Gasteiger partial charge is 0.126 e. The van der Waals surface area contributed by atoms with E-state index in [9.17, 15) is 4.39 Å². The van der Waals surface area contributed by atoms with Crippen molar-refractivity contribution >= 4 is 0 Å². The van der Waals surface area contributed by atoms with Crippen molar-refractivity contribution in [3.63, 3.8) is 0 Å². The Morgan fingerprint density at radius 3 is 2.58 bits per heavy atom. The van der Waals surface area contributed by atoms with E-state index in [4.69, 9.17) is 4.74 Å². The molecule has 0 fully saturated rings. The lowest BCUT2D eigenvalue weighted by Gasteiger charge is -2.09. The Labute approximate surface area is 72.2 Å². The predicted octanol–water partition coefficient (Wildman–Crippen LogP) is 2.84. The van der Waals surface area contributed by atoms with E-state index in [0.29, 0.717) is 5.56 Å². The van der Waals surface area contributed by atoms with Crippen molar-refractivity contribution in [2.75, 3.05) is 7.11 Å². The summed E-state index contributed by atoms with van der Waals surface area (Å²) in [5, 5.41) is 0. The first kappa shape index (κ1) is 9.20. The van der Waals surface area contributed by atoms with Gasteiger partial charge in [0.25, 0.3) is 0 Å². The highest BCUT2D eigenvalue weighted by molar-refractivity contribution is 5.24. The van der Waals surface area contributed by atoms with Gasteiger partial charge in [-0.3, -0.25) is 0 Å². The first-order valence-electron chi connectivity index (χ1n) is 3.94. The molecule has 1 nitrogen and oxygen atoms in total. The predicted molar refractivity (Wildman–Crippen MR) is 46.6 cm³/mol. The molecule has 1 rings (SSSR count). The van der Waals surface area contributed by atoms with Gasteiger partial charge < -0.3 is 4.74 Å². The van der Waals surface area contributed by atoms with Crippen molar-refractivity contribution in [2.24, 2.45) is 0 Å². The Bertz CT molecular complexity index is 271. The molecule has 1 aromatic carbocycles. The van der Waals surface area contributed by atoms with Crippen LogP contribution in [0.15, 0.2) is 18.2 Å². The lowest BCUT2D eigenvalue weighted by Crippen LogP contribution is -1.96. The molecule has 0 radical (unpaired) electrons. The zero-order valence-electron chi connectivity index (χ0n) is 7.60. The minimum atomic E-state index is -0.170. The van der Waals surface area contributed by atoms with Gasteiger partial charge in [0.05, 0.1) is 6.10 Å².